The van der Waals surface area contributed by atoms with Crippen molar-refractivity contribution in [3.63, 3.8) is 0 Å². The zero-order chi connectivity index (χ0) is 22.4. The number of hydrogen-bond donors (Lipinski definition) is 0. The summed E-state index contributed by atoms with van der Waals surface area (Å²) in [6, 6.07) is 10.5. The highest BCUT2D eigenvalue weighted by Gasteiger charge is 2.18. The van der Waals surface area contributed by atoms with E-state index in [4.69, 9.17) is 18.6 Å². The topological polar surface area (TPSA) is 121 Å². The van der Waals surface area contributed by atoms with Crippen molar-refractivity contribution in [1.29, 1.82) is 0 Å². The smallest absolute Gasteiger partial charge is 0.199 e. The molecule has 2 aromatic rings. The largest absolute Gasteiger partial charge is 0.235 e. The van der Waals surface area contributed by atoms with Gasteiger partial charge in [-0.1, -0.05) is 53.4 Å². The zero-order valence-electron chi connectivity index (χ0n) is 16.6. The van der Waals surface area contributed by atoms with Crippen molar-refractivity contribution in [3.05, 3.63) is 94.0 Å². The number of nitrogens with zero attached hydrogens (tertiary/aromatic N) is 3. The second-order valence-electron chi connectivity index (χ2n) is 6.50. The van der Waals surface area contributed by atoms with Crippen LogP contribution in [0.25, 0.3) is 9.81 Å². The molecule has 1 aliphatic carbocycles. The molecule has 10 heteroatoms. The number of allylic oxidation sites excluding steroid dienone is 8. The summed E-state index contributed by atoms with van der Waals surface area (Å²) >= 11 is 3.32. The lowest BCUT2D eigenvalue weighted by atomic mass is 10.00. The predicted molar refractivity (Wildman–Crippen MR) is 112 cm³/mol. The van der Waals surface area contributed by atoms with E-state index >= 15 is 0 Å². The Morgan fingerprint density at radius 1 is 0.839 bits per heavy atom. The van der Waals surface area contributed by atoms with Crippen LogP contribution in [0.5, 0.6) is 0 Å². The van der Waals surface area contributed by atoms with Crippen molar-refractivity contribution in [3.8, 4) is 0 Å². The summed E-state index contributed by atoms with van der Waals surface area (Å²) in [5.74, 6) is 0. The first kappa shape index (κ1) is 23.3. The lowest BCUT2D eigenvalue weighted by molar-refractivity contribution is -2.00. The van der Waals surface area contributed by atoms with Crippen LogP contribution in [0.15, 0.2) is 83.4 Å². The summed E-state index contributed by atoms with van der Waals surface area (Å²) in [6.07, 6.45) is 13.1. The molecule has 0 atom stereocenters. The fourth-order valence-corrected chi connectivity index (χ4v) is 4.47. The highest BCUT2D eigenvalue weighted by Crippen LogP contribution is 2.45. The van der Waals surface area contributed by atoms with Gasteiger partial charge in [0.15, 0.2) is 10.7 Å². The molecule has 0 amide bonds. The summed E-state index contributed by atoms with van der Waals surface area (Å²) in [5, 5.41) is 9.23. The number of hydrogen-bond acceptors (Lipinski definition) is 8. The Hall–Kier alpha value is -2.37. The normalized spacial score (nSPS) is 15.9. The molecule has 2 aliphatic rings. The van der Waals surface area contributed by atoms with E-state index in [0.29, 0.717) is 0 Å². The highest BCUT2D eigenvalue weighted by atomic mass is 35.7. The predicted octanol–water partition coefficient (Wildman–Crippen LogP) is 0.0466. The van der Waals surface area contributed by atoms with Crippen LogP contribution in [-0.2, 0) is 0 Å². The first-order chi connectivity index (χ1) is 14.7. The zero-order valence-corrected chi connectivity index (χ0v) is 19.0. The van der Waals surface area contributed by atoms with Crippen molar-refractivity contribution in [1.82, 2.24) is 10.2 Å². The van der Waals surface area contributed by atoms with Crippen molar-refractivity contribution in [2.45, 2.75) is 0 Å². The highest BCUT2D eigenvalue weighted by molar-refractivity contribution is 8.16. The molecule has 0 bridgehead atoms. The van der Waals surface area contributed by atoms with Gasteiger partial charge < -0.3 is 0 Å². The van der Waals surface area contributed by atoms with Crippen LogP contribution in [0.3, 0.4) is 0 Å². The molecule has 0 saturated carbocycles. The standard InChI is InChI=1S/C21H18N3S2.ClHO4/c1-24(2)18-10-8-15(9-11-18)17-12-19(16-6-4-3-5-7-16)26-20(13-17)21-23-22-14-25-21;2-1(3,4)5/h3-14H,1-2H3;(H,2,3,4,5)/q+1;/p-1. The van der Waals surface area contributed by atoms with Gasteiger partial charge >= 0.3 is 0 Å². The quantitative estimate of drug-likeness (QED) is 0.562. The van der Waals surface area contributed by atoms with Gasteiger partial charge in [0.1, 0.15) is 19.6 Å². The Morgan fingerprint density at radius 3 is 2.00 bits per heavy atom. The maximum Gasteiger partial charge on any atom is 0.199 e. The van der Waals surface area contributed by atoms with Crippen LogP contribution in [0.4, 0.5) is 0 Å². The van der Waals surface area contributed by atoms with Crippen molar-refractivity contribution in [2.24, 2.45) is 0 Å². The third-order valence-corrected chi connectivity index (χ3v) is 6.10. The van der Waals surface area contributed by atoms with Gasteiger partial charge in [-0.3, -0.25) is 0 Å². The number of thioether (sulfide) groups is 1. The molecular formula is C21H18ClN3O4S2. The Labute approximate surface area is 190 Å². The number of benzene rings is 1. The van der Waals surface area contributed by atoms with E-state index in [1.165, 1.54) is 27.3 Å². The van der Waals surface area contributed by atoms with Crippen molar-refractivity contribution >= 4 is 38.6 Å². The SMILES string of the molecule is C[N+](C)=C1C=CC(=C2C=C(c3ccccc3)SC(c3nncs3)=C2)C=C1.[O-][Cl+3]([O-])([O-])[O-]. The van der Waals surface area contributed by atoms with Gasteiger partial charge in [0.05, 0.1) is 4.91 Å². The van der Waals surface area contributed by atoms with Crippen LogP contribution in [0, 0.1) is 10.2 Å². The van der Waals surface area contributed by atoms with Gasteiger partial charge in [0, 0.05) is 17.1 Å². The first-order valence-corrected chi connectivity index (χ1v) is 11.8. The lowest BCUT2D eigenvalue weighted by Crippen LogP contribution is -2.68. The number of halogens is 1. The summed E-state index contributed by atoms with van der Waals surface area (Å²) in [6.45, 7) is 0. The third-order valence-electron chi connectivity index (χ3n) is 4.14. The van der Waals surface area contributed by atoms with Crippen LogP contribution in [0.2, 0.25) is 0 Å². The Morgan fingerprint density at radius 2 is 1.45 bits per heavy atom. The molecule has 2 heterocycles. The average Bonchev–Trinajstić information content (AvgIpc) is 3.28. The molecule has 0 fully saturated rings. The van der Waals surface area contributed by atoms with E-state index in [9.17, 15) is 0 Å². The summed E-state index contributed by atoms with van der Waals surface area (Å²) in [5.41, 5.74) is 6.59. The molecule has 7 nitrogen and oxygen atoms in total. The number of rotatable bonds is 2. The maximum absolute atomic E-state index is 8.49. The van der Waals surface area contributed by atoms with Crippen LogP contribution in [0.1, 0.15) is 10.6 Å². The van der Waals surface area contributed by atoms with Crippen molar-refractivity contribution in [2.75, 3.05) is 14.1 Å². The summed E-state index contributed by atoms with van der Waals surface area (Å²) in [7, 11) is -0.833. The third kappa shape index (κ3) is 7.08. The van der Waals surface area contributed by atoms with Gasteiger partial charge in [0.2, 0.25) is 0 Å². The molecule has 0 N–H and O–H groups in total. The Bertz CT molecular complexity index is 1090. The number of aromatic nitrogens is 2. The monoisotopic (exact) mass is 475 g/mol. The van der Waals surface area contributed by atoms with Gasteiger partial charge in [-0.25, -0.2) is 23.2 Å². The molecule has 31 heavy (non-hydrogen) atoms. The molecule has 1 aromatic carbocycles. The van der Waals surface area contributed by atoms with Crippen LogP contribution < -0.4 is 18.6 Å². The molecular weight excluding hydrogens is 458 g/mol. The lowest BCUT2D eigenvalue weighted by Gasteiger charge is -2.17. The molecule has 4 rings (SSSR count). The maximum atomic E-state index is 8.49. The van der Waals surface area contributed by atoms with E-state index in [-0.39, 0.29) is 0 Å². The molecule has 160 valence electrons. The Kier molecular flexibility index (Phi) is 7.74. The minimum atomic E-state index is -4.94. The second-order valence-corrected chi connectivity index (χ2v) is 9.18. The second kappa shape index (κ2) is 10.3. The molecule has 0 saturated heterocycles. The van der Waals surface area contributed by atoms with Crippen molar-refractivity contribution < 1.29 is 33.5 Å². The minimum absolute atomic E-state index is 0.957. The molecule has 0 radical (unpaired) electrons. The van der Waals surface area contributed by atoms with E-state index < -0.39 is 10.2 Å². The van der Waals surface area contributed by atoms with E-state index in [1.54, 1.807) is 28.6 Å². The van der Waals surface area contributed by atoms with E-state index in [1.807, 2.05) is 6.07 Å². The molecule has 0 unspecified atom stereocenters. The molecule has 1 aromatic heterocycles. The molecule has 1 aliphatic heterocycles. The van der Waals surface area contributed by atoms with Gasteiger partial charge in [-0.05, 0) is 41.0 Å². The first-order valence-electron chi connectivity index (χ1n) is 8.90. The minimum Gasteiger partial charge on any atom is -0.235 e. The fourth-order valence-electron chi connectivity index (χ4n) is 2.75. The van der Waals surface area contributed by atoms with Gasteiger partial charge in [0.25, 0.3) is 0 Å². The van der Waals surface area contributed by atoms with Gasteiger partial charge in [-0.2, -0.15) is 0 Å². The van der Waals surface area contributed by atoms with Crippen LogP contribution in [-0.4, -0.2) is 34.6 Å². The van der Waals surface area contributed by atoms with Crippen LogP contribution >= 0.6 is 23.1 Å². The van der Waals surface area contributed by atoms with E-state index in [0.717, 1.165) is 9.91 Å². The summed E-state index contributed by atoms with van der Waals surface area (Å²) < 4.78 is 36.1. The Balaban J connectivity index is 0.000000491. The van der Waals surface area contributed by atoms with Gasteiger partial charge in [-0.15, -0.1) is 20.4 Å². The average molecular weight is 476 g/mol. The fraction of sp³-hybridized carbons (Fsp3) is 0.0952. The van der Waals surface area contributed by atoms with E-state index in [2.05, 4.69) is 89.6 Å². The molecule has 0 spiro atoms. The summed E-state index contributed by atoms with van der Waals surface area (Å²) in [4.78, 5) is 2.37.